The van der Waals surface area contributed by atoms with Gasteiger partial charge < -0.3 is 24.1 Å². The molecule has 0 unspecified atom stereocenters. The van der Waals surface area contributed by atoms with Crippen LogP contribution < -0.4 is 14.2 Å². The zero-order valence-electron chi connectivity index (χ0n) is 24.1. The highest BCUT2D eigenvalue weighted by Crippen LogP contribution is 2.39. The molecule has 5 aromatic rings. The van der Waals surface area contributed by atoms with E-state index in [0.717, 1.165) is 22.3 Å². The molecule has 0 aliphatic heterocycles. The first kappa shape index (κ1) is 30.7. The minimum Gasteiger partial charge on any atom is -0.507 e. The van der Waals surface area contributed by atoms with E-state index >= 15 is 0 Å². The highest BCUT2D eigenvalue weighted by atomic mass is 79.9. The van der Waals surface area contributed by atoms with E-state index in [1.54, 1.807) is 12.1 Å². The molecule has 0 aromatic heterocycles. The highest BCUT2D eigenvalue weighted by molar-refractivity contribution is 9.09. The molecule has 6 nitrogen and oxygen atoms in total. The maximum atomic E-state index is 11.6. The van der Waals surface area contributed by atoms with Crippen LogP contribution in [0.25, 0.3) is 0 Å². The number of phenols is 1. The van der Waals surface area contributed by atoms with E-state index in [1.807, 2.05) is 115 Å². The zero-order valence-corrected chi connectivity index (χ0v) is 25.6. The Balaban J connectivity index is 1.37. The number of phenolic OH excluding ortho intramolecular Hbond substituents is 1. The third-order valence-electron chi connectivity index (χ3n) is 7.03. The van der Waals surface area contributed by atoms with Gasteiger partial charge in [-0.3, -0.25) is 4.79 Å². The Kier molecular flexibility index (Phi) is 10.9. The molecule has 2 atom stereocenters. The van der Waals surface area contributed by atoms with Crippen LogP contribution in [0.15, 0.2) is 127 Å². The van der Waals surface area contributed by atoms with Crippen molar-refractivity contribution in [3.05, 3.63) is 155 Å². The predicted octanol–water partition coefficient (Wildman–Crippen LogP) is 8.35. The summed E-state index contributed by atoms with van der Waals surface area (Å²) in [7, 11) is 0. The smallest absolute Gasteiger partial charge is 0.293 e. The Hall–Kier alpha value is -4.75. The molecule has 5 aromatic carbocycles. The van der Waals surface area contributed by atoms with Crippen LogP contribution in [-0.2, 0) is 35.8 Å². The first-order chi connectivity index (χ1) is 21.6. The topological polar surface area (TPSA) is 74.2 Å². The summed E-state index contributed by atoms with van der Waals surface area (Å²) in [5.74, 6) is 1.58. The molecule has 44 heavy (non-hydrogen) atoms. The molecule has 5 rings (SSSR count). The average molecular weight is 654 g/mol. The van der Waals surface area contributed by atoms with E-state index in [4.69, 9.17) is 18.9 Å². The second-order valence-electron chi connectivity index (χ2n) is 10.2. The summed E-state index contributed by atoms with van der Waals surface area (Å²) < 4.78 is 23.8. The van der Waals surface area contributed by atoms with Crippen molar-refractivity contribution in [3.63, 3.8) is 0 Å². The van der Waals surface area contributed by atoms with Crippen molar-refractivity contribution in [1.29, 1.82) is 0 Å². The lowest BCUT2D eigenvalue weighted by Gasteiger charge is -2.24. The molecular formula is C37H33BrO6. The summed E-state index contributed by atoms with van der Waals surface area (Å²) in [6.07, 6.45) is -0.489. The zero-order chi connectivity index (χ0) is 30.6. The fraction of sp³-hybridized carbons (Fsp3) is 0.162. The molecule has 0 aliphatic rings. The Morgan fingerprint density at radius 1 is 0.636 bits per heavy atom. The number of hydrogen-bond acceptors (Lipinski definition) is 6. The van der Waals surface area contributed by atoms with E-state index in [2.05, 4.69) is 15.9 Å². The Labute approximate surface area is 265 Å². The molecule has 0 fully saturated rings. The summed E-state index contributed by atoms with van der Waals surface area (Å²) in [4.78, 5) is 11.2. The Morgan fingerprint density at radius 2 is 1.18 bits per heavy atom. The van der Waals surface area contributed by atoms with Crippen molar-refractivity contribution in [2.45, 2.75) is 37.2 Å². The van der Waals surface area contributed by atoms with Gasteiger partial charge in [-0.15, -0.1) is 0 Å². The first-order valence-corrected chi connectivity index (χ1v) is 15.2. The van der Waals surface area contributed by atoms with E-state index < -0.39 is 10.9 Å². The van der Waals surface area contributed by atoms with Crippen LogP contribution in [0.4, 0.5) is 0 Å². The number of benzene rings is 5. The number of hydrogen-bond donors (Lipinski definition) is 1. The molecule has 224 valence electrons. The van der Waals surface area contributed by atoms with Crippen LogP contribution in [0.3, 0.4) is 0 Å². The van der Waals surface area contributed by atoms with Gasteiger partial charge in [0.2, 0.25) is 0 Å². The van der Waals surface area contributed by atoms with E-state index in [-0.39, 0.29) is 18.8 Å². The lowest BCUT2D eigenvalue weighted by Crippen LogP contribution is -2.21. The maximum Gasteiger partial charge on any atom is 0.293 e. The Bertz CT molecular complexity index is 1610. The lowest BCUT2D eigenvalue weighted by molar-refractivity contribution is -0.133. The van der Waals surface area contributed by atoms with Crippen LogP contribution in [0, 0.1) is 0 Å². The summed E-state index contributed by atoms with van der Waals surface area (Å²) in [6, 6.07) is 40.4. The number of rotatable bonds is 15. The van der Waals surface area contributed by atoms with Gasteiger partial charge in [-0.25, -0.2) is 0 Å². The second kappa shape index (κ2) is 15.6. The quantitative estimate of drug-likeness (QED) is 0.0905. The molecule has 0 bridgehead atoms. The van der Waals surface area contributed by atoms with Gasteiger partial charge in [-0.2, -0.15) is 0 Å². The third kappa shape index (κ3) is 8.64. The molecule has 0 amide bonds. The maximum absolute atomic E-state index is 11.6. The number of carbonyl (C=O) groups is 1. The largest absolute Gasteiger partial charge is 0.507 e. The van der Waals surface area contributed by atoms with Gasteiger partial charge in [-0.05, 0) is 34.4 Å². The molecule has 0 saturated heterocycles. The minimum absolute atomic E-state index is 0.0160. The van der Waals surface area contributed by atoms with Gasteiger partial charge in [0.25, 0.3) is 6.47 Å². The number of halogens is 1. The van der Waals surface area contributed by atoms with Crippen molar-refractivity contribution in [1.82, 2.24) is 0 Å². The van der Waals surface area contributed by atoms with Gasteiger partial charge in [0.1, 0.15) is 48.9 Å². The third-order valence-corrected chi connectivity index (χ3v) is 8.15. The lowest BCUT2D eigenvalue weighted by atomic mass is 9.99. The van der Waals surface area contributed by atoms with Gasteiger partial charge >= 0.3 is 0 Å². The van der Waals surface area contributed by atoms with Crippen molar-refractivity contribution in [2.75, 3.05) is 0 Å². The van der Waals surface area contributed by atoms with Crippen LogP contribution in [0.2, 0.25) is 0 Å². The summed E-state index contributed by atoms with van der Waals surface area (Å²) >= 11 is 3.74. The monoisotopic (exact) mass is 652 g/mol. The van der Waals surface area contributed by atoms with Gasteiger partial charge in [0.15, 0.2) is 0 Å². The molecule has 0 saturated carbocycles. The highest BCUT2D eigenvalue weighted by Gasteiger charge is 2.27. The number of aromatic hydroxyl groups is 1. The van der Waals surface area contributed by atoms with E-state index in [9.17, 15) is 9.90 Å². The minimum atomic E-state index is -0.669. The summed E-state index contributed by atoms with van der Waals surface area (Å²) in [5, 5.41) is 11.2. The normalized spacial score (nSPS) is 12.1. The van der Waals surface area contributed by atoms with Crippen LogP contribution >= 0.6 is 15.9 Å². The standard InChI is InChI=1S/C37H33BrO6/c38-37(30-17-10-18-31(19-30)41-23-27-11-4-1-5-12-27)36(44-26-39)22-33-34(40)20-32(42-24-28-13-6-2-7-14-28)21-35(33)43-25-29-15-8-3-9-16-29/h1-21,26,36-37,40H,22-25H2/t36-,37+/m1/s1. The Morgan fingerprint density at radius 3 is 1.75 bits per heavy atom. The fourth-order valence-corrected chi connectivity index (χ4v) is 5.32. The van der Waals surface area contributed by atoms with Crippen LogP contribution in [-0.4, -0.2) is 17.7 Å². The molecule has 1 N–H and O–H groups in total. The summed E-state index contributed by atoms with van der Waals surface area (Å²) in [5.41, 5.74) is 4.39. The predicted molar refractivity (Wildman–Crippen MR) is 173 cm³/mol. The molecule has 0 spiro atoms. The van der Waals surface area contributed by atoms with Gasteiger partial charge in [0, 0.05) is 24.1 Å². The average Bonchev–Trinajstić information content (AvgIpc) is 3.07. The van der Waals surface area contributed by atoms with Crippen molar-refractivity contribution < 1.29 is 28.8 Å². The number of alkyl halides is 1. The second-order valence-corrected chi connectivity index (χ2v) is 11.2. The molecule has 0 aliphatic carbocycles. The van der Waals surface area contributed by atoms with E-state index in [0.29, 0.717) is 42.5 Å². The van der Waals surface area contributed by atoms with Crippen LogP contribution in [0.1, 0.15) is 32.6 Å². The fourth-order valence-electron chi connectivity index (χ4n) is 4.72. The molecule has 0 radical (unpaired) electrons. The van der Waals surface area contributed by atoms with Crippen LogP contribution in [0.5, 0.6) is 23.0 Å². The van der Waals surface area contributed by atoms with Crippen molar-refractivity contribution in [3.8, 4) is 23.0 Å². The SMILES string of the molecule is O=CO[C@H](Cc1c(O)cc(OCc2ccccc2)cc1OCc1ccccc1)[C@@H](Br)c1cccc(OCc2ccccc2)c1. The summed E-state index contributed by atoms with van der Waals surface area (Å²) in [6.45, 7) is 1.47. The number of ether oxygens (including phenoxy) is 4. The molecular weight excluding hydrogens is 620 g/mol. The van der Waals surface area contributed by atoms with Gasteiger partial charge in [-0.1, -0.05) is 119 Å². The van der Waals surface area contributed by atoms with Gasteiger partial charge in [0.05, 0.1) is 4.83 Å². The first-order valence-electron chi connectivity index (χ1n) is 14.3. The van der Waals surface area contributed by atoms with E-state index in [1.165, 1.54) is 0 Å². The number of carbonyl (C=O) groups excluding carboxylic acids is 1. The van der Waals surface area contributed by atoms with Crippen molar-refractivity contribution >= 4 is 22.4 Å². The molecule has 7 heteroatoms. The molecule has 0 heterocycles. The van der Waals surface area contributed by atoms with Crippen molar-refractivity contribution in [2.24, 2.45) is 0 Å².